The summed E-state index contributed by atoms with van der Waals surface area (Å²) in [6.45, 7) is 3.26. The fourth-order valence-electron chi connectivity index (χ4n) is 2.56. The Morgan fingerprint density at radius 1 is 1.47 bits per heavy atom. The molecular weight excluding hydrogens is 390 g/mol. The van der Waals surface area contributed by atoms with Crippen LogP contribution in [0.2, 0.25) is 0 Å². The third kappa shape index (κ3) is 3.82. The zero-order chi connectivity index (χ0) is 13.9. The standard InChI is InChI=1S/C14H21Br2NOS/c1-3-7-17-11(9-14(18-2)5-4-6-14)12-8-10(15)13(16)19-12/h8,11,17H,3-7,9H2,1-2H3. The molecule has 1 aliphatic rings. The van der Waals surface area contributed by atoms with Gasteiger partial charge in [0.15, 0.2) is 0 Å². The molecule has 0 radical (unpaired) electrons. The smallest absolute Gasteiger partial charge is 0.0843 e. The highest BCUT2D eigenvalue weighted by molar-refractivity contribution is 9.13. The summed E-state index contributed by atoms with van der Waals surface area (Å²) in [5.74, 6) is 0. The number of hydrogen-bond donors (Lipinski definition) is 1. The van der Waals surface area contributed by atoms with Crippen molar-refractivity contribution in [3.05, 3.63) is 19.2 Å². The maximum absolute atomic E-state index is 5.78. The molecular formula is C14H21Br2NOS. The van der Waals surface area contributed by atoms with Gasteiger partial charge in [0.1, 0.15) is 0 Å². The van der Waals surface area contributed by atoms with E-state index in [-0.39, 0.29) is 5.60 Å². The lowest BCUT2D eigenvalue weighted by Crippen LogP contribution is -2.42. The van der Waals surface area contributed by atoms with Gasteiger partial charge in [-0.25, -0.2) is 0 Å². The first kappa shape index (κ1) is 16.0. The normalized spacial score (nSPS) is 19.2. The molecule has 1 atom stereocenters. The molecule has 0 spiro atoms. The molecule has 108 valence electrons. The number of thiophene rings is 1. The van der Waals surface area contributed by atoms with Crippen LogP contribution in [0, 0.1) is 0 Å². The second-order valence-electron chi connectivity index (χ2n) is 5.22. The van der Waals surface area contributed by atoms with Gasteiger partial charge in [-0.3, -0.25) is 0 Å². The first-order chi connectivity index (χ1) is 9.10. The first-order valence-electron chi connectivity index (χ1n) is 6.83. The Morgan fingerprint density at radius 3 is 2.63 bits per heavy atom. The van der Waals surface area contributed by atoms with E-state index in [0.717, 1.165) is 23.9 Å². The SMILES string of the molecule is CCCNC(CC1(OC)CCC1)c1cc(Br)c(Br)s1. The monoisotopic (exact) mass is 409 g/mol. The zero-order valence-electron chi connectivity index (χ0n) is 11.5. The second-order valence-corrected chi connectivity index (χ2v) is 8.48. The zero-order valence-corrected chi connectivity index (χ0v) is 15.5. The third-order valence-corrected chi connectivity index (χ3v) is 7.29. The summed E-state index contributed by atoms with van der Waals surface area (Å²) >= 11 is 8.99. The molecule has 1 unspecified atom stereocenters. The Balaban J connectivity index is 2.11. The van der Waals surface area contributed by atoms with E-state index >= 15 is 0 Å². The fraction of sp³-hybridized carbons (Fsp3) is 0.714. The van der Waals surface area contributed by atoms with Crippen molar-refractivity contribution in [1.29, 1.82) is 0 Å². The van der Waals surface area contributed by atoms with Crippen molar-refractivity contribution in [2.75, 3.05) is 13.7 Å². The maximum atomic E-state index is 5.78. The summed E-state index contributed by atoms with van der Waals surface area (Å²) in [6.07, 6.45) is 5.92. The van der Waals surface area contributed by atoms with Crippen LogP contribution in [0.5, 0.6) is 0 Å². The molecule has 2 rings (SSSR count). The maximum Gasteiger partial charge on any atom is 0.0843 e. The van der Waals surface area contributed by atoms with Crippen LogP contribution < -0.4 is 5.32 Å². The van der Waals surface area contributed by atoms with Crippen LogP contribution in [-0.2, 0) is 4.74 Å². The molecule has 0 aliphatic heterocycles. The van der Waals surface area contributed by atoms with Crippen molar-refractivity contribution in [2.24, 2.45) is 0 Å². The minimum Gasteiger partial charge on any atom is -0.378 e. The summed E-state index contributed by atoms with van der Waals surface area (Å²) in [4.78, 5) is 1.38. The van der Waals surface area contributed by atoms with Crippen molar-refractivity contribution >= 4 is 43.2 Å². The molecule has 1 fully saturated rings. The fourth-order valence-corrected chi connectivity index (χ4v) is 4.73. The van der Waals surface area contributed by atoms with Gasteiger partial charge in [-0.15, -0.1) is 11.3 Å². The number of ether oxygens (including phenoxy) is 1. The van der Waals surface area contributed by atoms with Gasteiger partial charge in [-0.05, 0) is 76.6 Å². The molecule has 2 nitrogen and oxygen atoms in total. The van der Waals surface area contributed by atoms with Gasteiger partial charge < -0.3 is 10.1 Å². The first-order valence-corrected chi connectivity index (χ1v) is 9.24. The number of methoxy groups -OCH3 is 1. The van der Waals surface area contributed by atoms with Gasteiger partial charge in [-0.1, -0.05) is 6.92 Å². The minimum atomic E-state index is 0.106. The predicted octanol–water partition coefficient (Wildman–Crippen LogP) is 5.27. The number of hydrogen-bond acceptors (Lipinski definition) is 3. The van der Waals surface area contributed by atoms with Crippen LogP contribution in [0.3, 0.4) is 0 Å². The van der Waals surface area contributed by atoms with Crippen LogP contribution in [0.1, 0.15) is 49.9 Å². The van der Waals surface area contributed by atoms with Gasteiger partial charge in [0.2, 0.25) is 0 Å². The average molecular weight is 411 g/mol. The van der Waals surface area contributed by atoms with Crippen LogP contribution in [0.15, 0.2) is 14.3 Å². The molecule has 0 amide bonds. The molecule has 1 N–H and O–H groups in total. The van der Waals surface area contributed by atoms with E-state index in [4.69, 9.17) is 4.74 Å². The number of halogens is 2. The van der Waals surface area contributed by atoms with Crippen molar-refractivity contribution in [3.8, 4) is 0 Å². The van der Waals surface area contributed by atoms with Crippen molar-refractivity contribution in [3.63, 3.8) is 0 Å². The highest BCUT2D eigenvalue weighted by Gasteiger charge is 2.39. The molecule has 0 bridgehead atoms. The summed E-state index contributed by atoms with van der Waals surface area (Å²) in [5.41, 5.74) is 0.106. The van der Waals surface area contributed by atoms with Crippen molar-refractivity contribution in [2.45, 2.75) is 50.7 Å². The lowest BCUT2D eigenvalue weighted by atomic mass is 9.75. The highest BCUT2D eigenvalue weighted by Crippen LogP contribution is 2.44. The van der Waals surface area contributed by atoms with Crippen LogP contribution in [0.4, 0.5) is 0 Å². The van der Waals surface area contributed by atoms with E-state index in [1.165, 1.54) is 27.9 Å². The van der Waals surface area contributed by atoms with E-state index in [1.807, 2.05) is 18.4 Å². The molecule has 0 aromatic carbocycles. The van der Waals surface area contributed by atoms with E-state index in [9.17, 15) is 0 Å². The van der Waals surface area contributed by atoms with E-state index < -0.39 is 0 Å². The highest BCUT2D eigenvalue weighted by atomic mass is 79.9. The second kappa shape index (κ2) is 7.03. The van der Waals surface area contributed by atoms with Gasteiger partial charge in [0, 0.05) is 22.5 Å². The third-order valence-electron chi connectivity index (χ3n) is 3.92. The quantitative estimate of drug-likeness (QED) is 0.660. The molecule has 5 heteroatoms. The molecule has 1 saturated carbocycles. The average Bonchev–Trinajstić information content (AvgIpc) is 2.68. The number of rotatable bonds is 7. The molecule has 1 aromatic heterocycles. The van der Waals surface area contributed by atoms with E-state index in [2.05, 4.69) is 50.2 Å². The van der Waals surface area contributed by atoms with Crippen molar-refractivity contribution < 1.29 is 4.74 Å². The molecule has 1 aliphatic carbocycles. The largest absolute Gasteiger partial charge is 0.378 e. The molecule has 0 saturated heterocycles. The van der Waals surface area contributed by atoms with Crippen LogP contribution >= 0.6 is 43.2 Å². The van der Waals surface area contributed by atoms with Gasteiger partial charge >= 0.3 is 0 Å². The molecule has 1 heterocycles. The van der Waals surface area contributed by atoms with Gasteiger partial charge in [0.25, 0.3) is 0 Å². The number of nitrogens with one attached hydrogen (secondary N) is 1. The predicted molar refractivity (Wildman–Crippen MR) is 89.0 cm³/mol. The summed E-state index contributed by atoms with van der Waals surface area (Å²) in [5, 5.41) is 3.67. The van der Waals surface area contributed by atoms with Crippen molar-refractivity contribution in [1.82, 2.24) is 5.32 Å². The van der Waals surface area contributed by atoms with Gasteiger partial charge in [0.05, 0.1) is 9.39 Å². The Bertz CT molecular complexity index is 393. The topological polar surface area (TPSA) is 21.3 Å². The lowest BCUT2D eigenvalue weighted by Gasteiger charge is -2.42. The Hall–Kier alpha value is 0.580. The summed E-state index contributed by atoms with van der Waals surface area (Å²) in [6, 6.07) is 2.62. The van der Waals surface area contributed by atoms with Crippen LogP contribution in [0.25, 0.3) is 0 Å². The Labute approximate surface area is 136 Å². The molecule has 1 aromatic rings. The summed E-state index contributed by atoms with van der Waals surface area (Å²) < 4.78 is 8.11. The minimum absolute atomic E-state index is 0.106. The van der Waals surface area contributed by atoms with E-state index in [1.54, 1.807) is 0 Å². The Kier molecular flexibility index (Phi) is 5.90. The molecule has 19 heavy (non-hydrogen) atoms. The summed E-state index contributed by atoms with van der Waals surface area (Å²) in [7, 11) is 1.86. The Morgan fingerprint density at radius 2 is 2.21 bits per heavy atom. The van der Waals surface area contributed by atoms with E-state index in [0.29, 0.717) is 6.04 Å². The van der Waals surface area contributed by atoms with Gasteiger partial charge in [-0.2, -0.15) is 0 Å². The lowest BCUT2D eigenvalue weighted by molar-refractivity contribution is -0.0836. The van der Waals surface area contributed by atoms with Crippen LogP contribution in [-0.4, -0.2) is 19.3 Å².